The van der Waals surface area contributed by atoms with Gasteiger partial charge in [-0.15, -0.1) is 0 Å². The molecule has 1 aromatic carbocycles. The molecule has 2 saturated heterocycles. The number of nitriles is 1. The lowest BCUT2D eigenvalue weighted by molar-refractivity contribution is -0.174. The fourth-order valence-electron chi connectivity index (χ4n) is 3.93. The normalized spacial score (nSPS) is 26.4. The number of ether oxygens (including phenoxy) is 1. The summed E-state index contributed by atoms with van der Waals surface area (Å²) < 4.78 is 34.6. The van der Waals surface area contributed by atoms with Crippen LogP contribution in [0.3, 0.4) is 0 Å². The van der Waals surface area contributed by atoms with E-state index in [1.807, 2.05) is 20.8 Å². The number of hydrogen-bond acceptors (Lipinski definition) is 4. The quantitative estimate of drug-likeness (QED) is 0.812. The van der Waals surface area contributed by atoms with Gasteiger partial charge in [-0.25, -0.2) is 13.6 Å². The number of nitrogens with zero attached hydrogens (tertiary/aromatic N) is 3. The van der Waals surface area contributed by atoms with Crippen molar-refractivity contribution in [3.05, 3.63) is 34.9 Å². The summed E-state index contributed by atoms with van der Waals surface area (Å²) in [5, 5.41) is 18.3. The largest absolute Gasteiger partial charge is 0.465 e. The lowest BCUT2D eigenvalue weighted by Gasteiger charge is -2.52. The molecular formula is C19H23F2N3O3. The summed E-state index contributed by atoms with van der Waals surface area (Å²) in [7, 11) is 0. The average molecular weight is 379 g/mol. The van der Waals surface area contributed by atoms with Gasteiger partial charge in [0.05, 0.1) is 18.2 Å². The van der Waals surface area contributed by atoms with Crippen molar-refractivity contribution in [2.45, 2.75) is 39.0 Å². The summed E-state index contributed by atoms with van der Waals surface area (Å²) >= 11 is 0. The Kier molecular flexibility index (Phi) is 5.10. The Morgan fingerprint density at radius 3 is 2.59 bits per heavy atom. The van der Waals surface area contributed by atoms with E-state index in [1.165, 1.54) is 11.0 Å². The van der Waals surface area contributed by atoms with Crippen LogP contribution < -0.4 is 0 Å². The van der Waals surface area contributed by atoms with Gasteiger partial charge in [0.1, 0.15) is 23.3 Å². The number of carboxylic acid groups (broad SMARTS) is 1. The molecule has 0 aliphatic carbocycles. The molecule has 3 atom stereocenters. The van der Waals surface area contributed by atoms with E-state index in [4.69, 9.17) is 10.00 Å². The molecule has 2 heterocycles. The minimum Gasteiger partial charge on any atom is -0.465 e. The summed E-state index contributed by atoms with van der Waals surface area (Å²) in [4.78, 5) is 14.8. The van der Waals surface area contributed by atoms with Gasteiger partial charge in [-0.3, -0.25) is 4.90 Å². The van der Waals surface area contributed by atoms with Crippen LogP contribution in [0.15, 0.2) is 12.1 Å². The summed E-state index contributed by atoms with van der Waals surface area (Å²) in [6.45, 7) is 7.51. The fourth-order valence-corrected chi connectivity index (χ4v) is 3.93. The maximum atomic E-state index is 14.7. The lowest BCUT2D eigenvalue weighted by Crippen LogP contribution is -2.65. The Labute approximate surface area is 156 Å². The lowest BCUT2D eigenvalue weighted by atomic mass is 9.81. The van der Waals surface area contributed by atoms with Crippen LogP contribution in [0.5, 0.6) is 0 Å². The molecule has 0 bridgehead atoms. The molecular weight excluding hydrogens is 356 g/mol. The Bertz CT molecular complexity index is 788. The highest BCUT2D eigenvalue weighted by Gasteiger charge is 2.46. The van der Waals surface area contributed by atoms with Gasteiger partial charge < -0.3 is 14.7 Å². The molecule has 1 amide bonds. The van der Waals surface area contributed by atoms with Crippen LogP contribution in [0.2, 0.25) is 0 Å². The van der Waals surface area contributed by atoms with E-state index in [0.717, 1.165) is 6.07 Å². The van der Waals surface area contributed by atoms with E-state index in [-0.39, 0.29) is 23.1 Å². The van der Waals surface area contributed by atoms with Crippen molar-refractivity contribution in [3.8, 4) is 6.07 Å². The summed E-state index contributed by atoms with van der Waals surface area (Å²) in [6.07, 6.45) is -1.98. The van der Waals surface area contributed by atoms with Gasteiger partial charge in [0, 0.05) is 31.7 Å². The molecule has 27 heavy (non-hydrogen) atoms. The summed E-state index contributed by atoms with van der Waals surface area (Å²) in [5.41, 5.74) is -0.778. The molecule has 1 aromatic rings. The van der Waals surface area contributed by atoms with Crippen molar-refractivity contribution < 1.29 is 23.4 Å². The molecule has 6 nitrogen and oxygen atoms in total. The summed E-state index contributed by atoms with van der Waals surface area (Å²) in [5.74, 6) is -1.78. The molecule has 0 aromatic heterocycles. The maximum absolute atomic E-state index is 14.7. The van der Waals surface area contributed by atoms with Crippen molar-refractivity contribution in [1.29, 1.82) is 5.26 Å². The Morgan fingerprint density at radius 2 is 2.00 bits per heavy atom. The number of rotatable bonds is 1. The maximum Gasteiger partial charge on any atom is 0.407 e. The van der Waals surface area contributed by atoms with Gasteiger partial charge in [0.15, 0.2) is 0 Å². The number of benzene rings is 1. The van der Waals surface area contributed by atoms with Crippen LogP contribution in [0, 0.1) is 28.4 Å². The predicted octanol–water partition coefficient (Wildman–Crippen LogP) is 2.99. The zero-order chi connectivity index (χ0) is 19.9. The van der Waals surface area contributed by atoms with Gasteiger partial charge in [-0.05, 0) is 11.5 Å². The van der Waals surface area contributed by atoms with Crippen molar-refractivity contribution in [3.63, 3.8) is 0 Å². The Hall–Kier alpha value is -2.24. The monoisotopic (exact) mass is 379 g/mol. The van der Waals surface area contributed by atoms with Crippen LogP contribution in [0.1, 0.15) is 38.0 Å². The number of hydrogen-bond donors (Lipinski definition) is 1. The molecule has 2 aliphatic heterocycles. The highest BCUT2D eigenvalue weighted by atomic mass is 19.1. The van der Waals surface area contributed by atoms with Crippen LogP contribution in [-0.2, 0) is 4.74 Å². The van der Waals surface area contributed by atoms with Gasteiger partial charge in [0.25, 0.3) is 0 Å². The number of halogens is 2. The third kappa shape index (κ3) is 3.62. The molecule has 0 radical (unpaired) electrons. The molecule has 3 rings (SSSR count). The van der Waals surface area contributed by atoms with E-state index in [1.54, 1.807) is 6.07 Å². The smallest absolute Gasteiger partial charge is 0.407 e. The first kappa shape index (κ1) is 19.5. The molecule has 2 aliphatic rings. The first-order chi connectivity index (χ1) is 12.6. The van der Waals surface area contributed by atoms with Gasteiger partial charge >= 0.3 is 6.09 Å². The third-order valence-electron chi connectivity index (χ3n) is 5.30. The predicted molar refractivity (Wildman–Crippen MR) is 93.1 cm³/mol. The van der Waals surface area contributed by atoms with E-state index in [2.05, 4.69) is 4.90 Å². The third-order valence-corrected chi connectivity index (χ3v) is 5.30. The van der Waals surface area contributed by atoms with Gasteiger partial charge in [-0.1, -0.05) is 26.8 Å². The number of carbonyl (C=O) groups is 1. The SMILES string of the molecule is CC(C)(C)C1OC(c2ccc(F)c(C#N)c2F)CN2CCN(C(=O)O)C[C@@H]12. The first-order valence-corrected chi connectivity index (χ1v) is 8.89. The van der Waals surface area contributed by atoms with Gasteiger partial charge in [-0.2, -0.15) is 5.26 Å². The van der Waals surface area contributed by atoms with Crippen LogP contribution in [0.4, 0.5) is 13.6 Å². The van der Waals surface area contributed by atoms with Gasteiger partial charge in [0.2, 0.25) is 0 Å². The molecule has 0 spiro atoms. The van der Waals surface area contributed by atoms with Crippen molar-refractivity contribution in [1.82, 2.24) is 9.80 Å². The summed E-state index contributed by atoms with van der Waals surface area (Å²) in [6, 6.07) is 3.83. The molecule has 1 N–H and O–H groups in total. The van der Waals surface area contributed by atoms with E-state index in [0.29, 0.717) is 26.2 Å². The highest BCUT2D eigenvalue weighted by molar-refractivity contribution is 5.65. The fraction of sp³-hybridized carbons (Fsp3) is 0.579. The van der Waals surface area contributed by atoms with E-state index >= 15 is 0 Å². The topological polar surface area (TPSA) is 76.8 Å². The molecule has 0 saturated carbocycles. The molecule has 8 heteroatoms. The van der Waals surface area contributed by atoms with Crippen LogP contribution in [0.25, 0.3) is 0 Å². The van der Waals surface area contributed by atoms with E-state index in [9.17, 15) is 18.7 Å². The number of fused-ring (bicyclic) bond motifs is 1. The molecule has 146 valence electrons. The van der Waals surface area contributed by atoms with Crippen LogP contribution in [-0.4, -0.2) is 59.3 Å². The van der Waals surface area contributed by atoms with E-state index < -0.39 is 29.4 Å². The standard InChI is InChI=1S/C19H23F2N3O3/c1-19(2,3)17-14-9-24(18(25)26)7-6-23(14)10-15(27-17)11-4-5-13(20)12(8-22)16(11)21/h4-5,14-15,17H,6-7,9-10H2,1-3H3,(H,25,26)/t14-,15?,17?/m0/s1. The molecule has 2 unspecified atom stereocenters. The number of morpholine rings is 1. The Morgan fingerprint density at radius 1 is 1.30 bits per heavy atom. The second-order valence-electron chi connectivity index (χ2n) is 8.14. The average Bonchev–Trinajstić information content (AvgIpc) is 2.60. The second-order valence-corrected chi connectivity index (χ2v) is 8.14. The minimum atomic E-state index is -0.965. The zero-order valence-corrected chi connectivity index (χ0v) is 15.6. The second kappa shape index (κ2) is 7.06. The van der Waals surface area contributed by atoms with Crippen molar-refractivity contribution >= 4 is 6.09 Å². The number of amides is 1. The first-order valence-electron chi connectivity index (χ1n) is 8.89. The Balaban J connectivity index is 1.94. The minimum absolute atomic E-state index is 0.148. The highest BCUT2D eigenvalue weighted by Crippen LogP contribution is 2.39. The number of piperazine rings is 1. The zero-order valence-electron chi connectivity index (χ0n) is 15.6. The van der Waals surface area contributed by atoms with Crippen molar-refractivity contribution in [2.75, 3.05) is 26.2 Å². The van der Waals surface area contributed by atoms with Crippen LogP contribution >= 0.6 is 0 Å². The molecule has 2 fully saturated rings. The van der Waals surface area contributed by atoms with Crippen molar-refractivity contribution in [2.24, 2.45) is 5.41 Å².